The molecule has 0 bridgehead atoms. The van der Waals surface area contributed by atoms with E-state index in [9.17, 15) is 0 Å². The van der Waals surface area contributed by atoms with Gasteiger partial charge in [-0.2, -0.15) is 0 Å². The SMILES string of the molecule is CCCCCCC/N=C(/C)S. The second kappa shape index (κ2) is 8.12. The predicted molar refractivity (Wildman–Crippen MR) is 55.7 cm³/mol. The van der Waals surface area contributed by atoms with Gasteiger partial charge in [0, 0.05) is 6.54 Å². The highest BCUT2D eigenvalue weighted by molar-refractivity contribution is 7.96. The third-order valence-corrected chi connectivity index (χ3v) is 1.74. The first-order valence-electron chi connectivity index (χ1n) is 4.47. The second-order valence-electron chi connectivity index (χ2n) is 2.84. The maximum Gasteiger partial charge on any atom is 0.0614 e. The second-order valence-corrected chi connectivity index (χ2v) is 3.49. The van der Waals surface area contributed by atoms with Gasteiger partial charge in [-0.3, -0.25) is 4.99 Å². The molecule has 0 rings (SSSR count). The van der Waals surface area contributed by atoms with Crippen LogP contribution in [-0.4, -0.2) is 11.6 Å². The van der Waals surface area contributed by atoms with Crippen molar-refractivity contribution in [1.82, 2.24) is 0 Å². The van der Waals surface area contributed by atoms with E-state index in [0.29, 0.717) is 0 Å². The van der Waals surface area contributed by atoms with Crippen molar-refractivity contribution in [1.29, 1.82) is 0 Å². The fourth-order valence-electron chi connectivity index (χ4n) is 0.956. The molecule has 2 heteroatoms. The van der Waals surface area contributed by atoms with Crippen molar-refractivity contribution in [3.05, 3.63) is 0 Å². The highest BCUT2D eigenvalue weighted by Crippen LogP contribution is 2.02. The van der Waals surface area contributed by atoms with Crippen LogP contribution in [0.4, 0.5) is 0 Å². The molecule has 11 heavy (non-hydrogen) atoms. The Bertz CT molecular complexity index is 106. The van der Waals surface area contributed by atoms with Crippen LogP contribution < -0.4 is 0 Å². The normalized spacial score (nSPS) is 12.1. The Morgan fingerprint density at radius 1 is 1.18 bits per heavy atom. The van der Waals surface area contributed by atoms with E-state index < -0.39 is 0 Å². The molecule has 0 aliphatic carbocycles. The molecular weight excluding hydrogens is 154 g/mol. The van der Waals surface area contributed by atoms with E-state index in [4.69, 9.17) is 0 Å². The van der Waals surface area contributed by atoms with E-state index in [1.54, 1.807) is 0 Å². The van der Waals surface area contributed by atoms with E-state index in [0.717, 1.165) is 11.6 Å². The van der Waals surface area contributed by atoms with Gasteiger partial charge < -0.3 is 0 Å². The van der Waals surface area contributed by atoms with Gasteiger partial charge in [-0.15, -0.1) is 12.6 Å². The molecule has 0 atom stereocenters. The van der Waals surface area contributed by atoms with Crippen LogP contribution in [-0.2, 0) is 0 Å². The van der Waals surface area contributed by atoms with Crippen LogP contribution in [0.2, 0.25) is 0 Å². The van der Waals surface area contributed by atoms with Crippen molar-refractivity contribution in [3.8, 4) is 0 Å². The zero-order valence-corrected chi connectivity index (χ0v) is 8.53. The molecule has 0 unspecified atom stereocenters. The molecule has 0 aromatic rings. The summed E-state index contributed by atoms with van der Waals surface area (Å²) in [6.07, 6.45) is 6.58. The Morgan fingerprint density at radius 3 is 2.36 bits per heavy atom. The molecule has 66 valence electrons. The lowest BCUT2D eigenvalue weighted by Gasteiger charge is -1.96. The number of aliphatic imine (C=N–C) groups is 1. The van der Waals surface area contributed by atoms with Gasteiger partial charge in [0.2, 0.25) is 0 Å². The fourth-order valence-corrected chi connectivity index (χ4v) is 1.06. The summed E-state index contributed by atoms with van der Waals surface area (Å²) < 4.78 is 0. The maximum absolute atomic E-state index is 4.20. The maximum atomic E-state index is 4.20. The van der Waals surface area contributed by atoms with Gasteiger partial charge in [-0.25, -0.2) is 0 Å². The first-order valence-corrected chi connectivity index (χ1v) is 4.92. The zero-order chi connectivity index (χ0) is 8.53. The third-order valence-electron chi connectivity index (χ3n) is 1.60. The molecule has 0 aromatic heterocycles. The molecule has 0 fully saturated rings. The topological polar surface area (TPSA) is 12.4 Å². The molecular formula is C9H19NS. The van der Waals surface area contributed by atoms with Crippen LogP contribution in [0.25, 0.3) is 0 Å². The lowest BCUT2D eigenvalue weighted by molar-refractivity contribution is 0.639. The van der Waals surface area contributed by atoms with Crippen molar-refractivity contribution >= 4 is 17.7 Å². The third kappa shape index (κ3) is 10.0. The minimum Gasteiger partial charge on any atom is -0.283 e. The Kier molecular flexibility index (Phi) is 8.13. The van der Waals surface area contributed by atoms with Crippen molar-refractivity contribution in [2.75, 3.05) is 6.54 Å². The molecule has 0 aliphatic rings. The minimum absolute atomic E-state index is 0.903. The Labute approximate surface area is 75.7 Å². The van der Waals surface area contributed by atoms with E-state index in [2.05, 4.69) is 24.5 Å². The lowest BCUT2D eigenvalue weighted by atomic mass is 10.2. The van der Waals surface area contributed by atoms with Gasteiger partial charge in [-0.1, -0.05) is 32.6 Å². The Balaban J connectivity index is 2.97. The van der Waals surface area contributed by atoms with E-state index in [1.807, 2.05) is 6.92 Å². The number of hydrogen-bond acceptors (Lipinski definition) is 1. The summed E-state index contributed by atoms with van der Waals surface area (Å²) in [5.41, 5.74) is 0. The molecule has 1 nitrogen and oxygen atoms in total. The Hall–Kier alpha value is 0.0200. The largest absolute Gasteiger partial charge is 0.283 e. The van der Waals surface area contributed by atoms with Crippen LogP contribution in [0.5, 0.6) is 0 Å². The Morgan fingerprint density at radius 2 is 1.82 bits per heavy atom. The van der Waals surface area contributed by atoms with Crippen LogP contribution in [0, 0.1) is 0 Å². The first kappa shape index (κ1) is 11.0. The van der Waals surface area contributed by atoms with E-state index in [1.165, 1.54) is 32.1 Å². The fraction of sp³-hybridized carbons (Fsp3) is 0.889. The van der Waals surface area contributed by atoms with Crippen molar-refractivity contribution in [2.45, 2.75) is 46.0 Å². The molecule has 0 aliphatic heterocycles. The van der Waals surface area contributed by atoms with Crippen molar-refractivity contribution in [3.63, 3.8) is 0 Å². The monoisotopic (exact) mass is 173 g/mol. The first-order chi connectivity index (χ1) is 5.27. The van der Waals surface area contributed by atoms with Crippen LogP contribution in [0.1, 0.15) is 46.0 Å². The van der Waals surface area contributed by atoms with E-state index in [-0.39, 0.29) is 0 Å². The highest BCUT2D eigenvalue weighted by atomic mass is 32.1. The van der Waals surface area contributed by atoms with E-state index >= 15 is 0 Å². The minimum atomic E-state index is 0.903. The number of rotatable bonds is 6. The molecule has 0 radical (unpaired) electrons. The summed E-state index contributed by atoms with van der Waals surface area (Å²) >= 11 is 4.09. The number of thiol groups is 1. The number of hydrogen-bond donors (Lipinski definition) is 1. The summed E-state index contributed by atoms with van der Waals surface area (Å²) in [7, 11) is 0. The quantitative estimate of drug-likeness (QED) is 0.274. The molecule has 0 amide bonds. The average molecular weight is 173 g/mol. The summed E-state index contributed by atoms with van der Waals surface area (Å²) in [6.45, 7) is 5.12. The van der Waals surface area contributed by atoms with Gasteiger partial charge >= 0.3 is 0 Å². The van der Waals surface area contributed by atoms with Crippen LogP contribution in [0.3, 0.4) is 0 Å². The van der Waals surface area contributed by atoms with Crippen LogP contribution in [0.15, 0.2) is 4.99 Å². The average Bonchev–Trinajstić information content (AvgIpc) is 1.96. The standard InChI is InChI=1S/C9H19NS/c1-3-4-5-6-7-8-10-9(2)11/h3-8H2,1-2H3,(H,10,11). The van der Waals surface area contributed by atoms with Gasteiger partial charge in [0.05, 0.1) is 5.04 Å². The molecule has 0 saturated heterocycles. The van der Waals surface area contributed by atoms with Crippen molar-refractivity contribution < 1.29 is 0 Å². The zero-order valence-electron chi connectivity index (χ0n) is 7.64. The molecule has 0 spiro atoms. The van der Waals surface area contributed by atoms with Crippen molar-refractivity contribution in [2.24, 2.45) is 4.99 Å². The molecule has 0 saturated carbocycles. The smallest absolute Gasteiger partial charge is 0.0614 e. The predicted octanol–water partition coefficient (Wildman–Crippen LogP) is 3.31. The van der Waals surface area contributed by atoms with Gasteiger partial charge in [0.1, 0.15) is 0 Å². The summed E-state index contributed by atoms with van der Waals surface area (Å²) in [4.78, 5) is 4.20. The summed E-state index contributed by atoms with van der Waals surface area (Å²) in [6, 6.07) is 0. The highest BCUT2D eigenvalue weighted by Gasteiger charge is 1.87. The van der Waals surface area contributed by atoms with Gasteiger partial charge in [0.25, 0.3) is 0 Å². The van der Waals surface area contributed by atoms with Gasteiger partial charge in [-0.05, 0) is 13.3 Å². The molecule has 0 N–H and O–H groups in total. The molecule has 0 heterocycles. The van der Waals surface area contributed by atoms with Crippen LogP contribution >= 0.6 is 12.6 Å². The molecule has 0 aromatic carbocycles. The number of unbranched alkanes of at least 4 members (excludes halogenated alkanes) is 4. The lowest BCUT2D eigenvalue weighted by Crippen LogP contribution is -1.85. The summed E-state index contributed by atoms with van der Waals surface area (Å²) in [5.74, 6) is 0. The van der Waals surface area contributed by atoms with Gasteiger partial charge in [0.15, 0.2) is 0 Å². The number of nitrogens with zero attached hydrogens (tertiary/aromatic N) is 1. The summed E-state index contributed by atoms with van der Waals surface area (Å²) in [5, 5.41) is 0.903.